The van der Waals surface area contributed by atoms with Crippen molar-refractivity contribution in [3.63, 3.8) is 0 Å². The van der Waals surface area contributed by atoms with Crippen LogP contribution >= 0.6 is 0 Å². The maximum atomic E-state index is 2.38. The highest BCUT2D eigenvalue weighted by molar-refractivity contribution is 6.09. The Morgan fingerprint density at radius 2 is 0.455 bits per heavy atom. The van der Waals surface area contributed by atoms with Gasteiger partial charge in [-0.25, -0.2) is 0 Å². The first kappa shape index (κ1) is 25.9. The maximum Gasteiger partial charge on any atom is -0.00141 e. The lowest BCUT2D eigenvalue weighted by Gasteiger charge is -2.12. The molecule has 0 saturated carbocycles. The lowest BCUT2D eigenvalue weighted by atomic mass is 9.91. The molecule has 44 heavy (non-hydrogen) atoms. The van der Waals surface area contributed by atoms with Crippen LogP contribution in [-0.4, -0.2) is 0 Å². The minimum absolute atomic E-state index is 1.21. The molecule has 4 aliphatic rings. The van der Waals surface area contributed by atoms with Crippen molar-refractivity contribution in [2.45, 2.75) is 0 Å². The van der Waals surface area contributed by atoms with Crippen LogP contribution < -0.4 is 0 Å². The Morgan fingerprint density at radius 1 is 0.182 bits per heavy atom. The summed E-state index contributed by atoms with van der Waals surface area (Å²) < 4.78 is 0. The highest BCUT2D eigenvalue weighted by atomic mass is 14.3. The summed E-state index contributed by atoms with van der Waals surface area (Å²) >= 11 is 0. The molecule has 0 unspecified atom stereocenters. The van der Waals surface area contributed by atoms with Crippen molar-refractivity contribution < 1.29 is 0 Å². The summed E-state index contributed by atoms with van der Waals surface area (Å²) in [6.07, 6.45) is 0. The van der Waals surface area contributed by atoms with Crippen molar-refractivity contribution >= 4 is 0 Å². The number of hydrogen-bond acceptors (Lipinski definition) is 0. The molecule has 0 amide bonds. The first-order valence-electron chi connectivity index (χ1n) is 15.2. The van der Waals surface area contributed by atoms with Crippen molar-refractivity contribution in [2.75, 3.05) is 0 Å². The van der Waals surface area contributed by atoms with Crippen molar-refractivity contribution in [1.29, 1.82) is 0 Å². The molecule has 4 aromatic carbocycles. The van der Waals surface area contributed by atoms with Gasteiger partial charge in [0.25, 0.3) is 0 Å². The van der Waals surface area contributed by atoms with Crippen LogP contribution in [0.5, 0.6) is 0 Å². The molecule has 0 N–H and O–H groups in total. The van der Waals surface area contributed by atoms with Gasteiger partial charge in [-0.3, -0.25) is 0 Å². The molecule has 4 aromatic rings. The van der Waals surface area contributed by atoms with Gasteiger partial charge >= 0.3 is 0 Å². The van der Waals surface area contributed by atoms with Crippen molar-refractivity contribution in [2.24, 2.45) is 0 Å². The Kier molecular flexibility index (Phi) is 6.59. The number of rotatable bonds is 5. The van der Waals surface area contributed by atoms with Gasteiger partial charge in [-0.15, -0.1) is 0 Å². The SMILES string of the molecule is c1ccc(-c2ccc3cc(-c4ccccc4)c(-c4c5ccc(-c6ccccc6)ccc-5cc4-c4ccccc4)c-3cc2)cc1. The average molecular weight is 559 g/mol. The van der Waals surface area contributed by atoms with Crippen molar-refractivity contribution in [3.8, 4) is 77.9 Å². The third-order valence-electron chi connectivity index (χ3n) is 8.68. The quantitative estimate of drug-likeness (QED) is 0.197. The van der Waals surface area contributed by atoms with Crippen LogP contribution in [-0.2, 0) is 0 Å². The summed E-state index contributed by atoms with van der Waals surface area (Å²) in [5.41, 5.74) is 17.4. The first-order chi connectivity index (χ1) is 21.8. The van der Waals surface area contributed by atoms with Gasteiger partial charge in [0.2, 0.25) is 0 Å². The van der Waals surface area contributed by atoms with Crippen LogP contribution in [0.3, 0.4) is 0 Å². The number of hydrogen-bond donors (Lipinski definition) is 0. The molecular formula is C44H30. The molecule has 0 aliphatic heterocycles. The molecule has 4 aliphatic carbocycles. The second-order valence-corrected chi connectivity index (χ2v) is 11.3. The zero-order valence-corrected chi connectivity index (χ0v) is 24.3. The van der Waals surface area contributed by atoms with Gasteiger partial charge in [-0.05, 0) is 90.0 Å². The standard InChI is InChI=1S/C44H30/c1-5-13-31(14-6-1)33-21-23-37-29-41(35-17-9-3-10-18-35)43(39(37)27-25-33)44-40-28-26-34(32-15-7-2-8-16-32)22-24-38(40)30-42(44)36-19-11-4-12-20-36/h1-30H. The summed E-state index contributed by atoms with van der Waals surface area (Å²) in [7, 11) is 0. The molecule has 0 fully saturated rings. The highest BCUT2D eigenvalue weighted by Gasteiger charge is 2.26. The molecule has 0 aromatic heterocycles. The normalized spacial score (nSPS) is 11.2. The average Bonchev–Trinajstić information content (AvgIpc) is 3.45. The Bertz CT molecular complexity index is 1970. The van der Waals surface area contributed by atoms with Gasteiger partial charge in [0.05, 0.1) is 0 Å². The number of benzene rings is 4. The van der Waals surface area contributed by atoms with Crippen LogP contribution in [0.1, 0.15) is 0 Å². The molecule has 0 nitrogen and oxygen atoms in total. The van der Waals surface area contributed by atoms with E-state index in [-0.39, 0.29) is 0 Å². The Balaban J connectivity index is 1.44. The fraction of sp³-hybridized carbons (Fsp3) is 0. The van der Waals surface area contributed by atoms with E-state index in [9.17, 15) is 0 Å². The maximum absolute atomic E-state index is 2.38. The third-order valence-corrected chi connectivity index (χ3v) is 8.68. The van der Waals surface area contributed by atoms with Crippen LogP contribution in [0.4, 0.5) is 0 Å². The zero-order valence-electron chi connectivity index (χ0n) is 24.3. The van der Waals surface area contributed by atoms with E-state index < -0.39 is 0 Å². The molecule has 0 spiro atoms. The summed E-state index contributed by atoms with van der Waals surface area (Å²) in [5, 5.41) is 0. The first-order valence-corrected chi connectivity index (χ1v) is 15.2. The van der Waals surface area contributed by atoms with E-state index in [1.54, 1.807) is 0 Å². The summed E-state index contributed by atoms with van der Waals surface area (Å²) in [6, 6.07) is 66.0. The second kappa shape index (κ2) is 11.2. The largest absolute Gasteiger partial charge is 0.0622 e. The smallest absolute Gasteiger partial charge is 0.00141 e. The molecule has 0 bridgehead atoms. The van der Waals surface area contributed by atoms with Crippen molar-refractivity contribution in [1.82, 2.24) is 0 Å². The molecule has 0 atom stereocenters. The predicted octanol–water partition coefficient (Wildman–Crippen LogP) is 12.2. The number of fused-ring (bicyclic) bond motifs is 2. The molecule has 0 heteroatoms. The molecule has 0 heterocycles. The summed E-state index contributed by atoms with van der Waals surface area (Å²) in [4.78, 5) is 0. The van der Waals surface area contributed by atoms with E-state index in [0.717, 1.165) is 0 Å². The molecule has 0 saturated heterocycles. The Labute approximate surface area is 259 Å². The minimum atomic E-state index is 1.21. The lowest BCUT2D eigenvalue weighted by Crippen LogP contribution is -1.85. The van der Waals surface area contributed by atoms with Gasteiger partial charge in [0.1, 0.15) is 0 Å². The van der Waals surface area contributed by atoms with Gasteiger partial charge in [0.15, 0.2) is 0 Å². The topological polar surface area (TPSA) is 0 Å². The highest BCUT2D eigenvalue weighted by Crippen LogP contribution is 2.52. The lowest BCUT2D eigenvalue weighted by molar-refractivity contribution is 1.64. The van der Waals surface area contributed by atoms with Crippen LogP contribution in [0.25, 0.3) is 77.9 Å². The summed E-state index contributed by atoms with van der Waals surface area (Å²) in [6.45, 7) is 0. The van der Waals surface area contributed by atoms with E-state index in [4.69, 9.17) is 0 Å². The van der Waals surface area contributed by atoms with E-state index in [1.165, 1.54) is 77.9 Å². The third kappa shape index (κ3) is 4.68. The predicted molar refractivity (Wildman–Crippen MR) is 187 cm³/mol. The zero-order chi connectivity index (χ0) is 29.3. The van der Waals surface area contributed by atoms with E-state index in [1.807, 2.05) is 0 Å². The van der Waals surface area contributed by atoms with E-state index >= 15 is 0 Å². The van der Waals surface area contributed by atoms with Crippen LogP contribution in [0.2, 0.25) is 0 Å². The molecule has 8 rings (SSSR count). The second-order valence-electron chi connectivity index (χ2n) is 11.3. The molecule has 206 valence electrons. The van der Waals surface area contributed by atoms with Gasteiger partial charge in [-0.2, -0.15) is 0 Å². The Morgan fingerprint density at radius 3 is 0.818 bits per heavy atom. The van der Waals surface area contributed by atoms with Gasteiger partial charge < -0.3 is 0 Å². The van der Waals surface area contributed by atoms with Gasteiger partial charge in [0, 0.05) is 0 Å². The van der Waals surface area contributed by atoms with Gasteiger partial charge in [-0.1, -0.05) is 170 Å². The Hall–Kier alpha value is -5.72. The van der Waals surface area contributed by atoms with Crippen LogP contribution in [0, 0.1) is 0 Å². The van der Waals surface area contributed by atoms with Crippen molar-refractivity contribution in [3.05, 3.63) is 182 Å². The van der Waals surface area contributed by atoms with E-state index in [2.05, 4.69) is 182 Å². The molecule has 0 radical (unpaired) electrons. The molecular weight excluding hydrogens is 528 g/mol. The monoisotopic (exact) mass is 558 g/mol. The minimum Gasteiger partial charge on any atom is -0.0622 e. The van der Waals surface area contributed by atoms with Crippen LogP contribution in [0.15, 0.2) is 182 Å². The fourth-order valence-corrected chi connectivity index (χ4v) is 6.52. The summed E-state index contributed by atoms with van der Waals surface area (Å²) in [5.74, 6) is 0. The van der Waals surface area contributed by atoms with E-state index in [0.29, 0.717) is 0 Å². The fourth-order valence-electron chi connectivity index (χ4n) is 6.52.